The molecule has 0 unspecified atom stereocenters. The van der Waals surface area contributed by atoms with Crippen LogP contribution in [-0.4, -0.2) is 19.9 Å². The first kappa shape index (κ1) is 17.9. The van der Waals surface area contributed by atoms with Gasteiger partial charge in [-0.2, -0.15) is 4.68 Å². The van der Waals surface area contributed by atoms with Crippen LogP contribution in [0.1, 0.15) is 11.3 Å². The molecule has 0 spiro atoms. The molecule has 0 aliphatic rings. The highest BCUT2D eigenvalue weighted by molar-refractivity contribution is 7.12. The number of benzene rings is 2. The summed E-state index contributed by atoms with van der Waals surface area (Å²) in [6, 6.07) is 14.8. The standard InChI is InChI=1S/C20H17N5O2S/c1-12-8-9-15(17(26)10-12)22-23-18-13(2)24-25(19(18)27)20-21-16(11-28-20)14-6-4-3-5-7-14/h3-11,24,26H,1-2H3. The fourth-order valence-corrected chi connectivity index (χ4v) is 3.51. The largest absolute Gasteiger partial charge is 0.506 e. The number of rotatable bonds is 4. The van der Waals surface area contributed by atoms with Crippen molar-refractivity contribution in [1.82, 2.24) is 14.8 Å². The summed E-state index contributed by atoms with van der Waals surface area (Å²) in [5.41, 5.74) is 3.39. The van der Waals surface area contributed by atoms with Crippen molar-refractivity contribution in [2.75, 3.05) is 0 Å². The van der Waals surface area contributed by atoms with Crippen molar-refractivity contribution in [3.8, 4) is 22.1 Å². The van der Waals surface area contributed by atoms with Crippen molar-refractivity contribution in [3.05, 3.63) is 75.5 Å². The van der Waals surface area contributed by atoms with E-state index in [2.05, 4.69) is 20.3 Å². The maximum atomic E-state index is 12.8. The zero-order chi connectivity index (χ0) is 19.7. The lowest BCUT2D eigenvalue weighted by Crippen LogP contribution is -2.13. The number of aromatic amines is 1. The summed E-state index contributed by atoms with van der Waals surface area (Å²) >= 11 is 1.36. The van der Waals surface area contributed by atoms with Crippen molar-refractivity contribution in [2.24, 2.45) is 10.2 Å². The average molecular weight is 391 g/mol. The van der Waals surface area contributed by atoms with Crippen LogP contribution < -0.4 is 5.56 Å². The first-order valence-corrected chi connectivity index (χ1v) is 9.45. The lowest BCUT2D eigenvalue weighted by Gasteiger charge is -1.98. The van der Waals surface area contributed by atoms with E-state index in [0.717, 1.165) is 16.8 Å². The average Bonchev–Trinajstić information content (AvgIpc) is 3.27. The summed E-state index contributed by atoms with van der Waals surface area (Å²) in [6.45, 7) is 3.61. The minimum Gasteiger partial charge on any atom is -0.506 e. The van der Waals surface area contributed by atoms with E-state index in [4.69, 9.17) is 0 Å². The summed E-state index contributed by atoms with van der Waals surface area (Å²) in [6.07, 6.45) is 0. The molecule has 2 N–H and O–H groups in total. The summed E-state index contributed by atoms with van der Waals surface area (Å²) in [5, 5.41) is 23.4. The number of hydrogen-bond acceptors (Lipinski definition) is 6. The molecular weight excluding hydrogens is 374 g/mol. The van der Waals surface area contributed by atoms with E-state index < -0.39 is 0 Å². The van der Waals surface area contributed by atoms with Crippen molar-refractivity contribution in [3.63, 3.8) is 0 Å². The fourth-order valence-electron chi connectivity index (χ4n) is 2.72. The molecule has 0 amide bonds. The van der Waals surface area contributed by atoms with Crippen LogP contribution in [0, 0.1) is 13.8 Å². The predicted octanol–water partition coefficient (Wildman–Crippen LogP) is 5.03. The third kappa shape index (κ3) is 3.37. The third-order valence-electron chi connectivity index (χ3n) is 4.18. The number of phenolic OH excluding ortho intramolecular Hbond substituents is 1. The molecule has 0 atom stereocenters. The summed E-state index contributed by atoms with van der Waals surface area (Å²) in [7, 11) is 0. The number of H-pyrrole nitrogens is 1. The number of thiazole rings is 1. The molecule has 4 aromatic rings. The minimum absolute atomic E-state index is 0.0182. The van der Waals surface area contributed by atoms with Crippen molar-refractivity contribution < 1.29 is 5.11 Å². The number of azo groups is 1. The SMILES string of the molecule is Cc1ccc(N=Nc2c(C)[nH]n(-c3nc(-c4ccccc4)cs3)c2=O)c(O)c1. The highest BCUT2D eigenvalue weighted by Gasteiger charge is 2.15. The van der Waals surface area contributed by atoms with E-state index in [1.54, 1.807) is 19.1 Å². The lowest BCUT2D eigenvalue weighted by atomic mass is 10.2. The molecule has 0 aliphatic heterocycles. The van der Waals surface area contributed by atoms with Gasteiger partial charge >= 0.3 is 5.56 Å². The Morgan fingerprint density at radius 3 is 2.64 bits per heavy atom. The minimum atomic E-state index is -0.346. The fraction of sp³-hybridized carbons (Fsp3) is 0.100. The highest BCUT2D eigenvalue weighted by atomic mass is 32.1. The second-order valence-corrected chi connectivity index (χ2v) is 7.14. The number of aromatic nitrogens is 3. The van der Waals surface area contributed by atoms with Gasteiger partial charge in [-0.1, -0.05) is 36.4 Å². The molecule has 0 saturated heterocycles. The zero-order valence-corrected chi connectivity index (χ0v) is 16.1. The van der Waals surface area contributed by atoms with Gasteiger partial charge in [0.15, 0.2) is 5.69 Å². The van der Waals surface area contributed by atoms with Crippen LogP contribution in [0.25, 0.3) is 16.4 Å². The highest BCUT2D eigenvalue weighted by Crippen LogP contribution is 2.29. The maximum absolute atomic E-state index is 12.8. The molecule has 4 rings (SSSR count). The van der Waals surface area contributed by atoms with E-state index >= 15 is 0 Å². The Morgan fingerprint density at radius 2 is 1.89 bits per heavy atom. The third-order valence-corrected chi connectivity index (χ3v) is 5.01. The van der Waals surface area contributed by atoms with Crippen molar-refractivity contribution in [2.45, 2.75) is 13.8 Å². The molecule has 7 nitrogen and oxygen atoms in total. The lowest BCUT2D eigenvalue weighted by molar-refractivity contribution is 0.476. The number of phenols is 1. The van der Waals surface area contributed by atoms with E-state index in [-0.39, 0.29) is 17.0 Å². The Balaban J connectivity index is 1.68. The summed E-state index contributed by atoms with van der Waals surface area (Å²) in [5.74, 6) is 0.0182. The van der Waals surface area contributed by atoms with Crippen LogP contribution in [-0.2, 0) is 0 Å². The van der Waals surface area contributed by atoms with Crippen LogP contribution in [0.4, 0.5) is 11.4 Å². The molecule has 28 heavy (non-hydrogen) atoms. The summed E-state index contributed by atoms with van der Waals surface area (Å²) in [4.78, 5) is 17.3. The quantitative estimate of drug-likeness (QED) is 0.478. The van der Waals surface area contributed by atoms with Gasteiger partial charge in [-0.3, -0.25) is 9.89 Å². The molecule has 2 aromatic carbocycles. The van der Waals surface area contributed by atoms with Crippen molar-refractivity contribution in [1.29, 1.82) is 0 Å². The Kier molecular flexibility index (Phi) is 4.62. The first-order chi connectivity index (χ1) is 13.5. The van der Waals surface area contributed by atoms with Gasteiger partial charge in [0.05, 0.1) is 11.4 Å². The molecule has 0 fully saturated rings. The van der Waals surface area contributed by atoms with E-state index in [0.29, 0.717) is 16.5 Å². The first-order valence-electron chi connectivity index (χ1n) is 8.57. The second-order valence-electron chi connectivity index (χ2n) is 6.30. The number of hydrogen-bond donors (Lipinski definition) is 2. The Hall–Kier alpha value is -3.52. The van der Waals surface area contributed by atoms with Crippen LogP contribution >= 0.6 is 11.3 Å². The van der Waals surface area contributed by atoms with Gasteiger partial charge in [0.1, 0.15) is 11.4 Å². The van der Waals surface area contributed by atoms with Gasteiger partial charge in [0.2, 0.25) is 5.13 Å². The number of nitrogens with one attached hydrogen (secondary N) is 1. The van der Waals surface area contributed by atoms with Gasteiger partial charge in [-0.05, 0) is 31.5 Å². The molecule has 2 heterocycles. The molecule has 8 heteroatoms. The Bertz CT molecular complexity index is 1220. The van der Waals surface area contributed by atoms with Crippen molar-refractivity contribution >= 4 is 22.7 Å². The Morgan fingerprint density at radius 1 is 1.11 bits per heavy atom. The van der Waals surface area contributed by atoms with Crippen LogP contribution in [0.2, 0.25) is 0 Å². The predicted molar refractivity (Wildman–Crippen MR) is 109 cm³/mol. The topological polar surface area (TPSA) is 95.6 Å². The number of aromatic hydroxyl groups is 1. The molecule has 0 saturated carbocycles. The van der Waals surface area contributed by atoms with E-state index in [9.17, 15) is 9.90 Å². The summed E-state index contributed by atoms with van der Waals surface area (Å²) < 4.78 is 1.36. The van der Waals surface area contributed by atoms with Crippen LogP contribution in [0.5, 0.6) is 5.75 Å². The molecule has 2 aromatic heterocycles. The monoisotopic (exact) mass is 391 g/mol. The molecule has 0 bridgehead atoms. The van der Waals surface area contributed by atoms with Gasteiger partial charge in [-0.25, -0.2) is 4.98 Å². The molecular formula is C20H17N5O2S. The molecule has 0 radical (unpaired) electrons. The van der Waals surface area contributed by atoms with Gasteiger partial charge in [-0.15, -0.1) is 21.6 Å². The number of nitrogens with zero attached hydrogens (tertiary/aromatic N) is 4. The van der Waals surface area contributed by atoms with Crippen LogP contribution in [0.15, 0.2) is 68.9 Å². The maximum Gasteiger partial charge on any atom is 0.301 e. The van der Waals surface area contributed by atoms with E-state index in [1.165, 1.54) is 16.0 Å². The van der Waals surface area contributed by atoms with Gasteiger partial charge in [0, 0.05) is 10.9 Å². The molecule has 0 aliphatic carbocycles. The van der Waals surface area contributed by atoms with Gasteiger partial charge in [0.25, 0.3) is 0 Å². The zero-order valence-electron chi connectivity index (χ0n) is 15.2. The molecule has 140 valence electrons. The second kappa shape index (κ2) is 7.24. The van der Waals surface area contributed by atoms with Crippen LogP contribution in [0.3, 0.4) is 0 Å². The van der Waals surface area contributed by atoms with E-state index in [1.807, 2.05) is 48.7 Å². The van der Waals surface area contributed by atoms with Gasteiger partial charge < -0.3 is 5.11 Å². The number of aryl methyl sites for hydroxylation is 2. The normalized spacial score (nSPS) is 11.4. The Labute approximate surface area is 164 Å². The smallest absolute Gasteiger partial charge is 0.301 e.